The molecule has 0 heterocycles. The van der Waals surface area contributed by atoms with Crippen LogP contribution in [0.5, 0.6) is 5.75 Å². The molecule has 4 nitrogen and oxygen atoms in total. The van der Waals surface area contributed by atoms with E-state index < -0.39 is 12.1 Å². The number of carboxylic acids is 1. The topological polar surface area (TPSA) is 72.5 Å². The Morgan fingerprint density at radius 2 is 1.93 bits per heavy atom. The Kier molecular flexibility index (Phi) is 4.49. The van der Waals surface area contributed by atoms with Crippen LogP contribution in [0.15, 0.2) is 24.3 Å². The Hall–Kier alpha value is -1.71. The molecule has 1 aromatic carbocycles. The van der Waals surface area contributed by atoms with Crippen molar-refractivity contribution in [2.45, 2.75) is 20.5 Å². The number of nitrogens with two attached hydrogens (primary N) is 1. The zero-order valence-electron chi connectivity index (χ0n) is 7.23. The van der Waals surface area contributed by atoms with E-state index in [1.54, 1.807) is 24.3 Å². The Balaban J connectivity index is 0.00000169. The summed E-state index contributed by atoms with van der Waals surface area (Å²) in [4.78, 5) is 10.4. The number of benzene rings is 1. The number of carboxylic acid groups (broad SMARTS) is 1. The smallest absolute Gasteiger partial charge is 0.344 e. The maximum Gasteiger partial charge on any atom is 0.344 e. The molecule has 1 unspecified atom stereocenters. The summed E-state index contributed by atoms with van der Waals surface area (Å²) in [7, 11) is 0. The lowest BCUT2D eigenvalue weighted by molar-refractivity contribution is -0.144. The first-order valence-corrected chi connectivity index (χ1v) is 3.84. The van der Waals surface area contributed by atoms with Crippen molar-refractivity contribution >= 4 is 11.7 Å². The number of carbonyl (C=O) groups is 1. The van der Waals surface area contributed by atoms with Gasteiger partial charge >= 0.3 is 5.97 Å². The predicted octanol–water partition coefficient (Wildman–Crippen LogP) is 1.76. The lowest BCUT2D eigenvalue weighted by Gasteiger charge is -2.09. The molecule has 0 aliphatic rings. The molecular formula is C10H15NO3. The standard InChI is InChI=1S/C9H11NO3.CH4/c1-6(9(11)12)13-8-4-2-7(10)3-5-8;/h2-6H,10H2,1H3,(H,11,12);1H4. The zero-order chi connectivity index (χ0) is 9.84. The minimum Gasteiger partial charge on any atom is -0.479 e. The summed E-state index contributed by atoms with van der Waals surface area (Å²) in [6, 6.07) is 6.58. The monoisotopic (exact) mass is 197 g/mol. The van der Waals surface area contributed by atoms with Crippen molar-refractivity contribution in [1.29, 1.82) is 0 Å². The van der Waals surface area contributed by atoms with E-state index in [9.17, 15) is 4.79 Å². The molecule has 0 fully saturated rings. The second-order valence-corrected chi connectivity index (χ2v) is 2.67. The second-order valence-electron chi connectivity index (χ2n) is 2.67. The highest BCUT2D eigenvalue weighted by atomic mass is 16.5. The van der Waals surface area contributed by atoms with Crippen LogP contribution in [-0.4, -0.2) is 17.2 Å². The molecule has 78 valence electrons. The lowest BCUT2D eigenvalue weighted by atomic mass is 10.3. The molecule has 3 N–H and O–H groups in total. The van der Waals surface area contributed by atoms with Crippen LogP contribution in [0.1, 0.15) is 14.4 Å². The van der Waals surface area contributed by atoms with Crippen molar-refractivity contribution in [3.63, 3.8) is 0 Å². The average Bonchev–Trinajstić information content (AvgIpc) is 2.08. The largest absolute Gasteiger partial charge is 0.479 e. The first kappa shape index (κ1) is 12.3. The third kappa shape index (κ3) is 3.35. The Morgan fingerprint density at radius 3 is 2.36 bits per heavy atom. The van der Waals surface area contributed by atoms with Gasteiger partial charge in [0, 0.05) is 5.69 Å². The molecule has 0 aliphatic heterocycles. The van der Waals surface area contributed by atoms with Gasteiger partial charge in [-0.25, -0.2) is 4.79 Å². The fourth-order valence-electron chi connectivity index (χ4n) is 0.801. The minimum atomic E-state index is -0.989. The van der Waals surface area contributed by atoms with E-state index in [4.69, 9.17) is 15.6 Å². The molecule has 1 aromatic rings. The van der Waals surface area contributed by atoms with Crippen molar-refractivity contribution in [3.8, 4) is 5.75 Å². The molecule has 0 saturated heterocycles. The number of hydrogen-bond acceptors (Lipinski definition) is 3. The average molecular weight is 197 g/mol. The highest BCUT2D eigenvalue weighted by molar-refractivity contribution is 5.72. The maximum atomic E-state index is 10.4. The number of nitrogen functional groups attached to an aromatic ring is 1. The van der Waals surface area contributed by atoms with Gasteiger partial charge in [0.05, 0.1) is 0 Å². The van der Waals surface area contributed by atoms with E-state index in [0.717, 1.165) is 0 Å². The molecule has 1 atom stereocenters. The van der Waals surface area contributed by atoms with Crippen molar-refractivity contribution < 1.29 is 14.6 Å². The van der Waals surface area contributed by atoms with E-state index in [1.807, 2.05) is 0 Å². The Labute approximate surface area is 83.3 Å². The number of ether oxygens (including phenoxy) is 1. The normalized spacial score (nSPS) is 11.2. The van der Waals surface area contributed by atoms with Crippen LogP contribution in [0.3, 0.4) is 0 Å². The lowest BCUT2D eigenvalue weighted by Crippen LogP contribution is -2.22. The maximum absolute atomic E-state index is 10.4. The van der Waals surface area contributed by atoms with E-state index in [1.165, 1.54) is 6.92 Å². The van der Waals surface area contributed by atoms with Crippen molar-refractivity contribution in [3.05, 3.63) is 24.3 Å². The molecule has 4 heteroatoms. The second kappa shape index (κ2) is 5.11. The third-order valence-electron chi connectivity index (χ3n) is 1.54. The fourth-order valence-corrected chi connectivity index (χ4v) is 0.801. The summed E-state index contributed by atoms with van der Waals surface area (Å²) >= 11 is 0. The van der Waals surface area contributed by atoms with Crippen LogP contribution >= 0.6 is 0 Å². The zero-order valence-corrected chi connectivity index (χ0v) is 7.23. The minimum absolute atomic E-state index is 0. The Morgan fingerprint density at radius 1 is 1.43 bits per heavy atom. The Bertz CT molecular complexity index is 295. The molecular weight excluding hydrogens is 182 g/mol. The number of hydrogen-bond donors (Lipinski definition) is 2. The molecule has 0 saturated carbocycles. The molecule has 14 heavy (non-hydrogen) atoms. The molecule has 0 bridgehead atoms. The van der Waals surface area contributed by atoms with Gasteiger partial charge in [-0.3, -0.25) is 0 Å². The number of anilines is 1. The molecule has 0 radical (unpaired) electrons. The number of rotatable bonds is 3. The molecule has 0 aromatic heterocycles. The molecule has 0 amide bonds. The van der Waals surface area contributed by atoms with Crippen LogP contribution in [-0.2, 0) is 4.79 Å². The van der Waals surface area contributed by atoms with E-state index in [-0.39, 0.29) is 7.43 Å². The highest BCUT2D eigenvalue weighted by Gasteiger charge is 2.11. The van der Waals surface area contributed by atoms with E-state index in [2.05, 4.69) is 0 Å². The van der Waals surface area contributed by atoms with Crippen molar-refractivity contribution in [2.75, 3.05) is 5.73 Å². The summed E-state index contributed by atoms with van der Waals surface area (Å²) in [5.41, 5.74) is 6.07. The van der Waals surface area contributed by atoms with Crippen molar-refractivity contribution in [2.24, 2.45) is 0 Å². The molecule has 1 rings (SSSR count). The van der Waals surface area contributed by atoms with Crippen LogP contribution in [0, 0.1) is 0 Å². The summed E-state index contributed by atoms with van der Waals surface area (Å²) in [6.45, 7) is 1.47. The van der Waals surface area contributed by atoms with Crippen LogP contribution in [0.2, 0.25) is 0 Å². The highest BCUT2D eigenvalue weighted by Crippen LogP contribution is 2.14. The van der Waals surface area contributed by atoms with Crippen LogP contribution < -0.4 is 10.5 Å². The van der Waals surface area contributed by atoms with Gasteiger partial charge in [0.2, 0.25) is 0 Å². The van der Waals surface area contributed by atoms with Crippen LogP contribution in [0.4, 0.5) is 5.69 Å². The third-order valence-corrected chi connectivity index (χ3v) is 1.54. The summed E-state index contributed by atoms with van der Waals surface area (Å²) < 4.78 is 5.08. The van der Waals surface area contributed by atoms with Gasteiger partial charge in [0.1, 0.15) is 5.75 Å². The SMILES string of the molecule is C.CC(Oc1ccc(N)cc1)C(=O)O. The summed E-state index contributed by atoms with van der Waals surface area (Å²) in [6.07, 6.45) is -0.844. The summed E-state index contributed by atoms with van der Waals surface area (Å²) in [5, 5.41) is 8.55. The van der Waals surface area contributed by atoms with E-state index >= 15 is 0 Å². The van der Waals surface area contributed by atoms with Crippen LogP contribution in [0.25, 0.3) is 0 Å². The van der Waals surface area contributed by atoms with Gasteiger partial charge in [0.15, 0.2) is 6.10 Å². The van der Waals surface area contributed by atoms with Gasteiger partial charge in [-0.15, -0.1) is 0 Å². The summed E-state index contributed by atoms with van der Waals surface area (Å²) in [5.74, 6) is -0.485. The first-order valence-electron chi connectivity index (χ1n) is 3.84. The molecule has 0 aliphatic carbocycles. The van der Waals surface area contributed by atoms with Crippen molar-refractivity contribution in [1.82, 2.24) is 0 Å². The molecule has 0 spiro atoms. The first-order chi connectivity index (χ1) is 6.09. The van der Waals surface area contributed by atoms with Gasteiger partial charge in [0.25, 0.3) is 0 Å². The van der Waals surface area contributed by atoms with Gasteiger partial charge in [-0.2, -0.15) is 0 Å². The number of aliphatic carboxylic acids is 1. The van der Waals surface area contributed by atoms with Gasteiger partial charge in [-0.1, -0.05) is 7.43 Å². The fraction of sp³-hybridized carbons (Fsp3) is 0.300. The van der Waals surface area contributed by atoms with Gasteiger partial charge in [-0.05, 0) is 31.2 Å². The quantitative estimate of drug-likeness (QED) is 0.724. The predicted molar refractivity (Wildman–Crippen MR) is 55.3 cm³/mol. The van der Waals surface area contributed by atoms with Gasteiger partial charge < -0.3 is 15.6 Å². The van der Waals surface area contributed by atoms with E-state index in [0.29, 0.717) is 11.4 Å².